The fourth-order valence-corrected chi connectivity index (χ4v) is 2.33. The molecule has 0 amide bonds. The molecule has 0 bridgehead atoms. The predicted molar refractivity (Wildman–Crippen MR) is 62.6 cm³/mol. The lowest BCUT2D eigenvalue weighted by Gasteiger charge is -2.21. The molecule has 0 radical (unpaired) electrons. The van der Waals surface area contributed by atoms with Crippen molar-refractivity contribution in [1.82, 2.24) is 4.98 Å². The molecule has 2 N–H and O–H groups in total. The Balaban J connectivity index is 2.75. The van der Waals surface area contributed by atoms with Crippen LogP contribution in [0, 0.1) is 19.3 Å². The highest BCUT2D eigenvalue weighted by Crippen LogP contribution is 2.30. The van der Waals surface area contributed by atoms with Crippen molar-refractivity contribution in [3.8, 4) is 0 Å². The standard InChI is InChI=1S/C11H20N2S/c1-7-8(2)14-10(13-7)9(12)6-11(3,4)5/h9H,6,12H2,1-5H3. The third-order valence-corrected chi connectivity index (χ3v) is 3.40. The third kappa shape index (κ3) is 3.07. The van der Waals surface area contributed by atoms with Crippen LogP contribution >= 0.6 is 11.3 Å². The minimum atomic E-state index is 0.0902. The Bertz CT molecular complexity index is 290. The first-order valence-electron chi connectivity index (χ1n) is 4.99. The van der Waals surface area contributed by atoms with E-state index in [2.05, 4.69) is 32.7 Å². The Kier molecular flexibility index (Phi) is 3.32. The van der Waals surface area contributed by atoms with E-state index in [4.69, 9.17) is 5.73 Å². The molecule has 0 saturated heterocycles. The van der Waals surface area contributed by atoms with Crippen molar-refractivity contribution < 1.29 is 0 Å². The molecule has 2 nitrogen and oxygen atoms in total. The Hall–Kier alpha value is -0.410. The van der Waals surface area contributed by atoms with E-state index in [9.17, 15) is 0 Å². The van der Waals surface area contributed by atoms with E-state index < -0.39 is 0 Å². The highest BCUT2D eigenvalue weighted by molar-refractivity contribution is 7.11. The van der Waals surface area contributed by atoms with Gasteiger partial charge in [-0.15, -0.1) is 11.3 Å². The van der Waals surface area contributed by atoms with Gasteiger partial charge in [-0.3, -0.25) is 0 Å². The molecule has 1 unspecified atom stereocenters. The van der Waals surface area contributed by atoms with Crippen LogP contribution in [0.25, 0.3) is 0 Å². The second kappa shape index (κ2) is 3.99. The van der Waals surface area contributed by atoms with Crippen molar-refractivity contribution in [3.05, 3.63) is 15.6 Å². The normalized spacial score (nSPS) is 14.4. The highest BCUT2D eigenvalue weighted by atomic mass is 32.1. The summed E-state index contributed by atoms with van der Waals surface area (Å²) >= 11 is 1.73. The maximum atomic E-state index is 6.11. The molecule has 0 aliphatic carbocycles. The number of hydrogen-bond acceptors (Lipinski definition) is 3. The van der Waals surface area contributed by atoms with Crippen molar-refractivity contribution in [1.29, 1.82) is 0 Å². The lowest BCUT2D eigenvalue weighted by atomic mass is 9.88. The maximum absolute atomic E-state index is 6.11. The van der Waals surface area contributed by atoms with Gasteiger partial charge in [-0.1, -0.05) is 20.8 Å². The molecule has 0 fully saturated rings. The van der Waals surface area contributed by atoms with Crippen LogP contribution in [0.4, 0.5) is 0 Å². The lowest BCUT2D eigenvalue weighted by Crippen LogP contribution is -2.18. The van der Waals surface area contributed by atoms with Crippen molar-refractivity contribution in [2.24, 2.45) is 11.1 Å². The van der Waals surface area contributed by atoms with Crippen LogP contribution in [0.2, 0.25) is 0 Å². The Morgan fingerprint density at radius 2 is 1.93 bits per heavy atom. The summed E-state index contributed by atoms with van der Waals surface area (Å²) in [6, 6.07) is 0.0902. The van der Waals surface area contributed by atoms with Gasteiger partial charge in [0.1, 0.15) is 5.01 Å². The molecule has 0 aliphatic heterocycles. The molecular formula is C11H20N2S. The largest absolute Gasteiger partial charge is 0.322 e. The Morgan fingerprint density at radius 3 is 2.29 bits per heavy atom. The molecule has 1 heterocycles. The van der Waals surface area contributed by atoms with E-state index in [-0.39, 0.29) is 11.5 Å². The molecular weight excluding hydrogens is 192 g/mol. The summed E-state index contributed by atoms with van der Waals surface area (Å²) in [5, 5.41) is 1.08. The molecule has 0 saturated carbocycles. The monoisotopic (exact) mass is 212 g/mol. The lowest BCUT2D eigenvalue weighted by molar-refractivity contribution is 0.342. The van der Waals surface area contributed by atoms with Crippen LogP contribution in [-0.4, -0.2) is 4.98 Å². The molecule has 14 heavy (non-hydrogen) atoms. The molecule has 1 aromatic heterocycles. The smallest absolute Gasteiger partial charge is 0.110 e. The average Bonchev–Trinajstić information content (AvgIpc) is 2.28. The van der Waals surface area contributed by atoms with Gasteiger partial charge in [0.15, 0.2) is 0 Å². The summed E-state index contributed by atoms with van der Waals surface area (Å²) in [5.41, 5.74) is 7.50. The summed E-state index contributed by atoms with van der Waals surface area (Å²) in [5.74, 6) is 0. The zero-order chi connectivity index (χ0) is 10.9. The second-order valence-electron chi connectivity index (χ2n) is 5.06. The van der Waals surface area contributed by atoms with Gasteiger partial charge in [0.05, 0.1) is 11.7 Å². The summed E-state index contributed by atoms with van der Waals surface area (Å²) in [4.78, 5) is 5.77. The molecule has 1 atom stereocenters. The number of hydrogen-bond donors (Lipinski definition) is 1. The first kappa shape index (κ1) is 11.7. The van der Waals surface area contributed by atoms with Crippen molar-refractivity contribution in [3.63, 3.8) is 0 Å². The first-order chi connectivity index (χ1) is 6.29. The van der Waals surface area contributed by atoms with Crippen LogP contribution in [0.1, 0.15) is 48.8 Å². The zero-order valence-corrected chi connectivity index (χ0v) is 10.5. The Labute approximate surface area is 90.6 Å². The van der Waals surface area contributed by atoms with E-state index >= 15 is 0 Å². The van der Waals surface area contributed by atoms with Gasteiger partial charge in [0.2, 0.25) is 0 Å². The minimum Gasteiger partial charge on any atom is -0.322 e. The fourth-order valence-electron chi connectivity index (χ4n) is 1.40. The molecule has 0 spiro atoms. The van der Waals surface area contributed by atoms with Gasteiger partial charge in [-0.25, -0.2) is 4.98 Å². The maximum Gasteiger partial charge on any atom is 0.110 e. The fraction of sp³-hybridized carbons (Fsp3) is 0.727. The van der Waals surface area contributed by atoms with Gasteiger partial charge in [-0.2, -0.15) is 0 Å². The van der Waals surface area contributed by atoms with Crippen LogP contribution in [0.3, 0.4) is 0 Å². The number of rotatable bonds is 2. The predicted octanol–water partition coefficient (Wildman–Crippen LogP) is 3.20. The molecule has 0 aliphatic rings. The summed E-state index contributed by atoms with van der Waals surface area (Å²) in [7, 11) is 0. The number of nitrogens with zero attached hydrogens (tertiary/aromatic N) is 1. The highest BCUT2D eigenvalue weighted by Gasteiger charge is 2.19. The second-order valence-corrected chi connectivity index (χ2v) is 6.30. The van der Waals surface area contributed by atoms with Crippen LogP contribution in [0.5, 0.6) is 0 Å². The van der Waals surface area contributed by atoms with Gasteiger partial charge in [0, 0.05) is 4.88 Å². The molecule has 1 aromatic rings. The van der Waals surface area contributed by atoms with Crippen molar-refractivity contribution >= 4 is 11.3 Å². The van der Waals surface area contributed by atoms with Crippen LogP contribution < -0.4 is 5.73 Å². The molecule has 1 rings (SSSR count). The van der Waals surface area contributed by atoms with Crippen LogP contribution in [-0.2, 0) is 0 Å². The molecule has 3 heteroatoms. The first-order valence-corrected chi connectivity index (χ1v) is 5.81. The molecule has 0 aromatic carbocycles. The summed E-state index contributed by atoms with van der Waals surface area (Å²) < 4.78 is 0. The summed E-state index contributed by atoms with van der Waals surface area (Å²) in [6.07, 6.45) is 0.986. The van der Waals surface area contributed by atoms with E-state index in [1.54, 1.807) is 11.3 Å². The van der Waals surface area contributed by atoms with Gasteiger partial charge in [0.25, 0.3) is 0 Å². The third-order valence-electron chi connectivity index (χ3n) is 2.19. The van der Waals surface area contributed by atoms with Crippen LogP contribution in [0.15, 0.2) is 0 Å². The zero-order valence-electron chi connectivity index (χ0n) is 9.72. The van der Waals surface area contributed by atoms with Crippen molar-refractivity contribution in [2.45, 2.75) is 47.1 Å². The van der Waals surface area contributed by atoms with Crippen molar-refractivity contribution in [2.75, 3.05) is 0 Å². The quantitative estimate of drug-likeness (QED) is 0.817. The topological polar surface area (TPSA) is 38.9 Å². The Morgan fingerprint density at radius 1 is 1.36 bits per heavy atom. The van der Waals surface area contributed by atoms with Gasteiger partial charge in [-0.05, 0) is 25.7 Å². The number of aromatic nitrogens is 1. The molecule has 80 valence electrons. The number of aryl methyl sites for hydroxylation is 2. The van der Waals surface area contributed by atoms with E-state index in [0.29, 0.717) is 0 Å². The van der Waals surface area contributed by atoms with E-state index in [1.165, 1.54) is 4.88 Å². The average molecular weight is 212 g/mol. The van der Waals surface area contributed by atoms with E-state index in [1.807, 2.05) is 6.92 Å². The summed E-state index contributed by atoms with van der Waals surface area (Å²) in [6.45, 7) is 10.8. The number of nitrogens with two attached hydrogens (primary N) is 1. The van der Waals surface area contributed by atoms with Gasteiger partial charge >= 0.3 is 0 Å². The van der Waals surface area contributed by atoms with E-state index in [0.717, 1.165) is 17.1 Å². The number of thiazole rings is 1. The SMILES string of the molecule is Cc1nc(C(N)CC(C)(C)C)sc1C. The minimum absolute atomic E-state index is 0.0902. The van der Waals surface area contributed by atoms with Gasteiger partial charge < -0.3 is 5.73 Å².